The van der Waals surface area contributed by atoms with E-state index in [2.05, 4.69) is 4.98 Å². The van der Waals surface area contributed by atoms with E-state index in [1.807, 2.05) is 0 Å². The summed E-state index contributed by atoms with van der Waals surface area (Å²) >= 11 is 0. The van der Waals surface area contributed by atoms with Gasteiger partial charge in [-0.25, -0.2) is 22.0 Å². The zero-order valence-corrected chi connectivity index (χ0v) is 11.3. The summed E-state index contributed by atoms with van der Waals surface area (Å²) in [5.74, 6) is -10.4. The van der Waals surface area contributed by atoms with Gasteiger partial charge in [0.2, 0.25) is 5.82 Å². The predicted octanol–water partition coefficient (Wildman–Crippen LogP) is 3.80. The first-order chi connectivity index (χ1) is 10.3. The molecule has 1 aromatic carbocycles. The Kier molecular flexibility index (Phi) is 4.13. The number of hydrogen-bond donors (Lipinski definition) is 0. The highest BCUT2D eigenvalue weighted by molar-refractivity contribution is 5.38. The third kappa shape index (κ3) is 2.52. The van der Waals surface area contributed by atoms with Gasteiger partial charge < -0.3 is 0 Å². The summed E-state index contributed by atoms with van der Waals surface area (Å²) in [6.45, 7) is 1.12. The lowest BCUT2D eigenvalue weighted by molar-refractivity contribution is 0.356. The van der Waals surface area contributed by atoms with Crippen LogP contribution in [-0.2, 0) is 11.8 Å². The number of benzene rings is 1. The lowest BCUT2D eigenvalue weighted by atomic mass is 9.78. The normalized spacial score (nSPS) is 13.5. The van der Waals surface area contributed by atoms with Gasteiger partial charge in [-0.05, 0) is 31.0 Å². The molecule has 1 atom stereocenters. The van der Waals surface area contributed by atoms with Crippen LogP contribution in [0.1, 0.15) is 18.1 Å². The van der Waals surface area contributed by atoms with Gasteiger partial charge in [0.05, 0.1) is 17.0 Å². The minimum atomic E-state index is -2.25. The van der Waals surface area contributed by atoms with Gasteiger partial charge in [-0.2, -0.15) is 5.26 Å². The van der Waals surface area contributed by atoms with Crippen LogP contribution in [-0.4, -0.2) is 4.98 Å². The van der Waals surface area contributed by atoms with Gasteiger partial charge in [-0.3, -0.25) is 4.98 Å². The van der Waals surface area contributed by atoms with Crippen LogP contribution in [0.3, 0.4) is 0 Å². The van der Waals surface area contributed by atoms with Crippen molar-refractivity contribution in [3.8, 4) is 6.07 Å². The van der Waals surface area contributed by atoms with E-state index in [1.54, 1.807) is 6.07 Å². The monoisotopic (exact) mass is 312 g/mol. The van der Waals surface area contributed by atoms with Crippen LogP contribution in [0.2, 0.25) is 0 Å². The maximum absolute atomic E-state index is 13.9. The highest BCUT2D eigenvalue weighted by Gasteiger charge is 2.38. The molecule has 7 heteroatoms. The summed E-state index contributed by atoms with van der Waals surface area (Å²) < 4.78 is 67.6. The molecule has 0 aliphatic heterocycles. The van der Waals surface area contributed by atoms with Crippen LogP contribution in [0.25, 0.3) is 0 Å². The molecule has 0 radical (unpaired) electrons. The van der Waals surface area contributed by atoms with Crippen molar-refractivity contribution in [3.63, 3.8) is 0 Å². The number of hydrogen-bond acceptors (Lipinski definition) is 2. The first kappa shape index (κ1) is 15.9. The first-order valence-electron chi connectivity index (χ1n) is 6.14. The van der Waals surface area contributed by atoms with Crippen molar-refractivity contribution in [1.82, 2.24) is 4.98 Å². The Morgan fingerprint density at radius 1 is 0.955 bits per heavy atom. The topological polar surface area (TPSA) is 36.7 Å². The molecule has 22 heavy (non-hydrogen) atoms. The Labute approximate surface area is 122 Å². The lowest BCUT2D eigenvalue weighted by Gasteiger charge is -2.24. The van der Waals surface area contributed by atoms with Gasteiger partial charge in [0, 0.05) is 12.4 Å². The molecule has 0 fully saturated rings. The van der Waals surface area contributed by atoms with E-state index in [0.29, 0.717) is 5.56 Å². The number of nitrogens with zero attached hydrogens (tertiary/aromatic N) is 2. The molecular formula is C15H9F5N2. The molecule has 114 valence electrons. The van der Waals surface area contributed by atoms with E-state index in [9.17, 15) is 27.2 Å². The molecule has 0 saturated heterocycles. The number of aromatic nitrogens is 1. The van der Waals surface area contributed by atoms with Crippen molar-refractivity contribution in [2.45, 2.75) is 18.8 Å². The van der Waals surface area contributed by atoms with Crippen molar-refractivity contribution in [3.05, 3.63) is 64.7 Å². The van der Waals surface area contributed by atoms with Gasteiger partial charge in [0.1, 0.15) is 0 Å². The summed E-state index contributed by atoms with van der Waals surface area (Å²) in [6, 6.07) is 4.62. The standard InChI is InChI=1S/C15H9F5N2/c1-15(7-21,6-8-2-4-22-5-3-8)9-10(16)12(18)14(20)13(19)11(9)17/h2-5H,6H2,1H3. The van der Waals surface area contributed by atoms with Gasteiger partial charge >= 0.3 is 0 Å². The molecule has 2 aromatic rings. The Balaban J connectivity index is 2.64. The summed E-state index contributed by atoms with van der Waals surface area (Å²) in [6.07, 6.45) is 2.56. The molecule has 0 aliphatic carbocycles. The van der Waals surface area contributed by atoms with E-state index < -0.39 is 40.1 Å². The van der Waals surface area contributed by atoms with Gasteiger partial charge in [0.25, 0.3) is 0 Å². The summed E-state index contributed by atoms with van der Waals surface area (Å²) in [7, 11) is 0. The number of halogens is 5. The van der Waals surface area contributed by atoms with E-state index >= 15 is 0 Å². The molecule has 0 saturated carbocycles. The second kappa shape index (κ2) is 5.72. The number of pyridine rings is 1. The molecule has 0 bridgehead atoms. The minimum absolute atomic E-state index is 0.232. The molecule has 0 amide bonds. The van der Waals surface area contributed by atoms with E-state index in [-0.39, 0.29) is 6.42 Å². The smallest absolute Gasteiger partial charge is 0.200 e. The molecule has 1 heterocycles. The van der Waals surface area contributed by atoms with E-state index in [1.165, 1.54) is 24.5 Å². The molecule has 0 N–H and O–H groups in total. The second-order valence-electron chi connectivity index (χ2n) is 4.92. The van der Waals surface area contributed by atoms with Crippen molar-refractivity contribution in [2.75, 3.05) is 0 Å². The van der Waals surface area contributed by atoms with E-state index in [0.717, 1.165) is 6.92 Å². The second-order valence-corrected chi connectivity index (χ2v) is 4.92. The van der Waals surface area contributed by atoms with Crippen LogP contribution in [0.5, 0.6) is 0 Å². The molecule has 0 aliphatic rings. The maximum atomic E-state index is 13.9. The van der Waals surface area contributed by atoms with Gasteiger partial charge in [0.15, 0.2) is 23.3 Å². The fourth-order valence-electron chi connectivity index (χ4n) is 2.18. The molecule has 1 unspecified atom stereocenters. The van der Waals surface area contributed by atoms with Crippen molar-refractivity contribution < 1.29 is 22.0 Å². The number of rotatable bonds is 3. The van der Waals surface area contributed by atoms with Crippen molar-refractivity contribution in [1.29, 1.82) is 5.26 Å². The van der Waals surface area contributed by atoms with E-state index in [4.69, 9.17) is 0 Å². The summed E-state index contributed by atoms with van der Waals surface area (Å²) in [5, 5.41) is 9.26. The fourth-order valence-corrected chi connectivity index (χ4v) is 2.18. The predicted molar refractivity (Wildman–Crippen MR) is 67.1 cm³/mol. The Hall–Kier alpha value is -2.49. The van der Waals surface area contributed by atoms with Crippen molar-refractivity contribution >= 4 is 0 Å². The average Bonchev–Trinajstić information content (AvgIpc) is 2.52. The van der Waals surface area contributed by atoms with Crippen LogP contribution >= 0.6 is 0 Å². The van der Waals surface area contributed by atoms with Crippen LogP contribution in [0.4, 0.5) is 22.0 Å². The molecule has 2 nitrogen and oxygen atoms in total. The maximum Gasteiger partial charge on any atom is 0.200 e. The average molecular weight is 312 g/mol. The zero-order valence-electron chi connectivity index (χ0n) is 11.3. The van der Waals surface area contributed by atoms with Gasteiger partial charge in [-0.15, -0.1) is 0 Å². The Morgan fingerprint density at radius 3 is 1.86 bits per heavy atom. The Bertz CT molecular complexity index is 726. The summed E-state index contributed by atoms with van der Waals surface area (Å²) in [5.41, 5.74) is -2.59. The minimum Gasteiger partial charge on any atom is -0.265 e. The largest absolute Gasteiger partial charge is 0.265 e. The third-order valence-corrected chi connectivity index (χ3v) is 3.32. The first-order valence-corrected chi connectivity index (χ1v) is 6.14. The fraction of sp³-hybridized carbons (Fsp3) is 0.200. The molecule has 0 spiro atoms. The SMILES string of the molecule is CC(C#N)(Cc1ccncc1)c1c(F)c(F)c(F)c(F)c1F. The number of nitriles is 1. The van der Waals surface area contributed by atoms with Gasteiger partial charge in [-0.1, -0.05) is 0 Å². The van der Waals surface area contributed by atoms with Crippen LogP contribution < -0.4 is 0 Å². The highest BCUT2D eigenvalue weighted by Crippen LogP contribution is 2.35. The molecule has 1 aromatic heterocycles. The lowest BCUT2D eigenvalue weighted by Crippen LogP contribution is -2.28. The quantitative estimate of drug-likeness (QED) is 0.491. The van der Waals surface area contributed by atoms with Crippen molar-refractivity contribution in [2.24, 2.45) is 0 Å². The summed E-state index contributed by atoms with van der Waals surface area (Å²) in [4.78, 5) is 3.75. The van der Waals surface area contributed by atoms with Crippen LogP contribution in [0, 0.1) is 40.4 Å². The van der Waals surface area contributed by atoms with Crippen LogP contribution in [0.15, 0.2) is 24.5 Å². The Morgan fingerprint density at radius 2 is 1.41 bits per heavy atom. The highest BCUT2D eigenvalue weighted by atomic mass is 19.2. The zero-order chi connectivity index (χ0) is 16.5. The third-order valence-electron chi connectivity index (χ3n) is 3.32. The molecular weight excluding hydrogens is 303 g/mol. The molecule has 2 rings (SSSR count).